The number of aromatic nitrogens is 1. The van der Waals surface area contributed by atoms with Crippen LogP contribution in [0.3, 0.4) is 0 Å². The molecule has 1 aromatic heterocycles. The minimum Gasteiger partial charge on any atom is -0.493 e. The predicted octanol–water partition coefficient (Wildman–Crippen LogP) is 8.96. The third-order valence-corrected chi connectivity index (χ3v) is 7.79. The quantitative estimate of drug-likeness (QED) is 0.147. The van der Waals surface area contributed by atoms with Gasteiger partial charge < -0.3 is 19.5 Å². The Kier molecular flexibility index (Phi) is 10.00. The predicted molar refractivity (Wildman–Crippen MR) is 171 cm³/mol. The van der Waals surface area contributed by atoms with Crippen molar-refractivity contribution in [3.8, 4) is 22.6 Å². The summed E-state index contributed by atoms with van der Waals surface area (Å²) in [6.45, 7) is 0.489. The maximum atomic E-state index is 13.9. The Morgan fingerprint density at radius 3 is 2.11 bits per heavy atom. The molecule has 4 aromatic carbocycles. The van der Waals surface area contributed by atoms with Gasteiger partial charge in [0.1, 0.15) is 11.9 Å². The number of carbonyl (C=O) groups excluding carboxylic acids is 1. The standard InChI is InChI=1S/C35H29Cl2FN2O4/c1-42-32-16-15-26(17-34(32)43-2)33(18-27-28(36)20-39-21-29(27)37)44-35(41)25-13-11-24(12-14-25)23-9-7-22(8-10-23)19-40-31-6-4-3-5-30(31)38/h3-17,20-21,33,40H,18-19H2,1-2H3/t33-/m0/s1. The number of hydrogen-bond acceptors (Lipinski definition) is 6. The van der Waals surface area contributed by atoms with Gasteiger partial charge in [-0.25, -0.2) is 9.18 Å². The highest BCUT2D eigenvalue weighted by molar-refractivity contribution is 6.35. The number of nitrogens with one attached hydrogen (secondary N) is 1. The third kappa shape index (κ3) is 7.30. The molecule has 1 heterocycles. The summed E-state index contributed by atoms with van der Waals surface area (Å²) in [7, 11) is 3.09. The molecule has 0 saturated heterocycles. The van der Waals surface area contributed by atoms with Crippen LogP contribution in [0.1, 0.15) is 33.2 Å². The number of halogens is 3. The van der Waals surface area contributed by atoms with Crippen LogP contribution < -0.4 is 14.8 Å². The lowest BCUT2D eigenvalue weighted by Crippen LogP contribution is -2.15. The van der Waals surface area contributed by atoms with E-state index >= 15 is 0 Å². The molecule has 9 heteroatoms. The van der Waals surface area contributed by atoms with Gasteiger partial charge in [0.15, 0.2) is 11.5 Å². The molecule has 0 aliphatic carbocycles. The van der Waals surface area contributed by atoms with E-state index in [1.54, 1.807) is 55.6 Å². The Hall–Kier alpha value is -4.59. The number of carbonyl (C=O) groups is 1. The van der Waals surface area contributed by atoms with Crippen LogP contribution >= 0.6 is 23.2 Å². The first kappa shape index (κ1) is 30.9. The van der Waals surface area contributed by atoms with Crippen molar-refractivity contribution in [2.45, 2.75) is 19.1 Å². The second-order valence-electron chi connectivity index (χ2n) is 9.90. The van der Waals surface area contributed by atoms with Gasteiger partial charge in [-0.05, 0) is 64.2 Å². The van der Waals surface area contributed by atoms with E-state index in [-0.39, 0.29) is 12.2 Å². The zero-order valence-corrected chi connectivity index (χ0v) is 25.5. The van der Waals surface area contributed by atoms with Gasteiger partial charge >= 0.3 is 5.97 Å². The summed E-state index contributed by atoms with van der Waals surface area (Å²) in [5, 5.41) is 3.86. The normalized spacial score (nSPS) is 11.5. The molecule has 0 unspecified atom stereocenters. The van der Waals surface area contributed by atoms with Crippen LogP contribution in [0.15, 0.2) is 103 Å². The number of benzene rings is 4. The van der Waals surface area contributed by atoms with Crippen molar-refractivity contribution >= 4 is 34.9 Å². The molecular formula is C35H29Cl2FN2O4. The average molecular weight is 632 g/mol. The van der Waals surface area contributed by atoms with Gasteiger partial charge in [0.25, 0.3) is 0 Å². The number of para-hydroxylation sites is 1. The lowest BCUT2D eigenvalue weighted by Gasteiger charge is -2.21. The van der Waals surface area contributed by atoms with Gasteiger partial charge in [-0.15, -0.1) is 0 Å². The van der Waals surface area contributed by atoms with E-state index < -0.39 is 12.1 Å². The highest BCUT2D eigenvalue weighted by Crippen LogP contribution is 2.35. The zero-order chi connectivity index (χ0) is 31.1. The smallest absolute Gasteiger partial charge is 0.338 e. The molecule has 6 nitrogen and oxygen atoms in total. The Bertz CT molecular complexity index is 1730. The fourth-order valence-corrected chi connectivity index (χ4v) is 5.23. The van der Waals surface area contributed by atoms with Crippen LogP contribution in [0.5, 0.6) is 11.5 Å². The van der Waals surface area contributed by atoms with Gasteiger partial charge in [-0.2, -0.15) is 0 Å². The maximum Gasteiger partial charge on any atom is 0.338 e. The van der Waals surface area contributed by atoms with Crippen molar-refractivity contribution in [2.75, 3.05) is 19.5 Å². The van der Waals surface area contributed by atoms with E-state index in [0.717, 1.165) is 16.7 Å². The van der Waals surface area contributed by atoms with E-state index in [4.69, 9.17) is 37.4 Å². The molecule has 1 atom stereocenters. The van der Waals surface area contributed by atoms with Crippen molar-refractivity contribution in [1.82, 2.24) is 4.98 Å². The number of rotatable bonds is 11. The van der Waals surface area contributed by atoms with Crippen LogP contribution in [-0.2, 0) is 17.7 Å². The number of anilines is 1. The van der Waals surface area contributed by atoms with Gasteiger partial charge in [-0.3, -0.25) is 4.98 Å². The highest BCUT2D eigenvalue weighted by Gasteiger charge is 2.23. The Morgan fingerprint density at radius 2 is 1.48 bits per heavy atom. The minimum atomic E-state index is -0.732. The van der Waals surface area contributed by atoms with E-state index in [0.29, 0.717) is 50.5 Å². The number of pyridine rings is 1. The molecule has 0 fully saturated rings. The summed E-state index contributed by atoms with van der Waals surface area (Å²) in [6, 6.07) is 27.0. The molecule has 1 N–H and O–H groups in total. The van der Waals surface area contributed by atoms with Crippen molar-refractivity contribution < 1.29 is 23.4 Å². The molecule has 0 aliphatic rings. The number of hydrogen-bond donors (Lipinski definition) is 1. The average Bonchev–Trinajstić information content (AvgIpc) is 3.05. The molecule has 0 bridgehead atoms. The monoisotopic (exact) mass is 630 g/mol. The van der Waals surface area contributed by atoms with E-state index in [9.17, 15) is 9.18 Å². The van der Waals surface area contributed by atoms with Crippen molar-refractivity contribution in [3.63, 3.8) is 0 Å². The zero-order valence-electron chi connectivity index (χ0n) is 24.0. The van der Waals surface area contributed by atoms with Gasteiger partial charge in [0.2, 0.25) is 0 Å². The Balaban J connectivity index is 1.31. The fraction of sp³-hybridized carbons (Fsp3) is 0.143. The first-order valence-electron chi connectivity index (χ1n) is 13.7. The molecule has 0 spiro atoms. The lowest BCUT2D eigenvalue weighted by atomic mass is 10.0. The molecular weight excluding hydrogens is 602 g/mol. The Labute approximate surface area is 265 Å². The first-order valence-corrected chi connectivity index (χ1v) is 14.5. The second-order valence-corrected chi connectivity index (χ2v) is 10.7. The summed E-state index contributed by atoms with van der Waals surface area (Å²) in [4.78, 5) is 17.4. The second kappa shape index (κ2) is 14.3. The molecule has 5 rings (SSSR count). The summed E-state index contributed by atoms with van der Waals surface area (Å²) < 4.78 is 30.8. The number of ether oxygens (including phenoxy) is 3. The number of esters is 1. The Morgan fingerprint density at radius 1 is 0.841 bits per heavy atom. The lowest BCUT2D eigenvalue weighted by molar-refractivity contribution is 0.0297. The van der Waals surface area contributed by atoms with Crippen molar-refractivity contribution in [1.29, 1.82) is 0 Å². The van der Waals surface area contributed by atoms with Crippen LogP contribution in [0.2, 0.25) is 10.0 Å². The summed E-state index contributed by atoms with van der Waals surface area (Å²) in [5.41, 5.74) is 5.05. The van der Waals surface area contributed by atoms with Gasteiger partial charge in [0, 0.05) is 25.4 Å². The molecule has 0 aliphatic heterocycles. The van der Waals surface area contributed by atoms with E-state index in [1.165, 1.54) is 25.6 Å². The largest absolute Gasteiger partial charge is 0.493 e. The van der Waals surface area contributed by atoms with Crippen LogP contribution in [0.25, 0.3) is 11.1 Å². The van der Waals surface area contributed by atoms with Gasteiger partial charge in [0.05, 0.1) is 35.5 Å². The topological polar surface area (TPSA) is 69.7 Å². The molecule has 0 saturated carbocycles. The minimum absolute atomic E-state index is 0.220. The number of nitrogens with zero attached hydrogens (tertiary/aromatic N) is 1. The number of methoxy groups -OCH3 is 2. The molecule has 5 aromatic rings. The third-order valence-electron chi connectivity index (χ3n) is 7.14. The van der Waals surface area contributed by atoms with Crippen LogP contribution in [-0.4, -0.2) is 25.2 Å². The van der Waals surface area contributed by atoms with Crippen molar-refractivity contribution in [3.05, 3.63) is 142 Å². The van der Waals surface area contributed by atoms with Gasteiger partial charge in [-0.1, -0.05) is 77.8 Å². The van der Waals surface area contributed by atoms with Crippen LogP contribution in [0.4, 0.5) is 10.1 Å². The first-order chi connectivity index (χ1) is 21.4. The molecule has 224 valence electrons. The van der Waals surface area contributed by atoms with E-state index in [1.807, 2.05) is 36.4 Å². The van der Waals surface area contributed by atoms with E-state index in [2.05, 4.69) is 10.3 Å². The summed E-state index contributed by atoms with van der Waals surface area (Å²) in [6.07, 6.45) is 2.49. The van der Waals surface area contributed by atoms with Crippen molar-refractivity contribution in [2.24, 2.45) is 0 Å². The molecule has 44 heavy (non-hydrogen) atoms. The molecule has 0 radical (unpaired) electrons. The summed E-state index contributed by atoms with van der Waals surface area (Å²) >= 11 is 12.8. The highest BCUT2D eigenvalue weighted by atomic mass is 35.5. The summed E-state index contributed by atoms with van der Waals surface area (Å²) in [5.74, 6) is 0.248. The molecule has 0 amide bonds. The SMILES string of the molecule is COc1ccc([C@H](Cc2c(Cl)cncc2Cl)OC(=O)c2ccc(-c3ccc(CNc4ccccc4F)cc3)cc2)cc1OC. The maximum absolute atomic E-state index is 13.9. The van der Waals surface area contributed by atoms with Crippen LogP contribution in [0, 0.1) is 5.82 Å². The fourth-order valence-electron chi connectivity index (χ4n) is 4.71.